The number of hydrogen-bond acceptors (Lipinski definition) is 5. The first-order valence-electron chi connectivity index (χ1n) is 9.27. The second-order valence-corrected chi connectivity index (χ2v) is 8.54. The van der Waals surface area contributed by atoms with Gasteiger partial charge in [0, 0.05) is 28.1 Å². The predicted octanol–water partition coefficient (Wildman–Crippen LogP) is 5.40. The van der Waals surface area contributed by atoms with Crippen LogP contribution in [0.4, 0.5) is 5.69 Å². The van der Waals surface area contributed by atoms with Crippen LogP contribution in [0.3, 0.4) is 0 Å². The molecule has 0 aliphatic rings. The van der Waals surface area contributed by atoms with Crippen molar-refractivity contribution < 1.29 is 24.4 Å². The maximum atomic E-state index is 11.9. The molecule has 166 valence electrons. The van der Waals surface area contributed by atoms with Gasteiger partial charge in [0.1, 0.15) is 5.60 Å². The van der Waals surface area contributed by atoms with Gasteiger partial charge in [0.2, 0.25) is 0 Å². The van der Waals surface area contributed by atoms with E-state index in [1.165, 1.54) is 24.3 Å². The van der Waals surface area contributed by atoms with E-state index < -0.39 is 16.5 Å². The van der Waals surface area contributed by atoms with Gasteiger partial charge in [-0.15, -0.1) is 0 Å². The van der Waals surface area contributed by atoms with Crippen molar-refractivity contribution in [2.45, 2.75) is 39.2 Å². The van der Waals surface area contributed by atoms with Gasteiger partial charge >= 0.3 is 63.3 Å². The molecular weight excluding hydrogens is 484 g/mol. The van der Waals surface area contributed by atoms with E-state index in [0.717, 1.165) is 11.6 Å². The van der Waals surface area contributed by atoms with Gasteiger partial charge in [-0.1, -0.05) is 29.3 Å². The summed E-state index contributed by atoms with van der Waals surface area (Å²) < 4.78 is 5.28. The number of carboxylic acid groups (broad SMARTS) is 1. The molecular formula is C22H22Cl2KNO6. The Kier molecular flexibility index (Phi) is 11.0. The molecule has 32 heavy (non-hydrogen) atoms. The number of rotatable bonds is 7. The molecule has 0 aromatic heterocycles. The number of nitro groups is 1. The van der Waals surface area contributed by atoms with Gasteiger partial charge < -0.3 is 9.84 Å². The molecule has 0 aliphatic carbocycles. The Morgan fingerprint density at radius 2 is 1.72 bits per heavy atom. The van der Waals surface area contributed by atoms with Crippen molar-refractivity contribution in [1.29, 1.82) is 0 Å². The van der Waals surface area contributed by atoms with Gasteiger partial charge in [0.25, 0.3) is 5.69 Å². The minimum absolute atomic E-state index is 0. The monoisotopic (exact) mass is 505 g/mol. The van der Waals surface area contributed by atoms with Crippen molar-refractivity contribution in [3.63, 3.8) is 0 Å². The van der Waals surface area contributed by atoms with Crippen molar-refractivity contribution in [2.75, 3.05) is 0 Å². The normalized spacial score (nSPS) is 11.2. The molecule has 0 aliphatic heterocycles. The molecule has 2 aromatic rings. The van der Waals surface area contributed by atoms with Gasteiger partial charge in [-0.3, -0.25) is 14.9 Å². The van der Waals surface area contributed by atoms with Crippen molar-refractivity contribution in [3.8, 4) is 0 Å². The number of esters is 1. The van der Waals surface area contributed by atoms with Crippen LogP contribution in [-0.4, -0.2) is 79.0 Å². The molecule has 1 N–H and O–H groups in total. The summed E-state index contributed by atoms with van der Waals surface area (Å²) in [4.78, 5) is 33.6. The van der Waals surface area contributed by atoms with E-state index >= 15 is 0 Å². The van der Waals surface area contributed by atoms with Gasteiger partial charge in [0.15, 0.2) is 0 Å². The zero-order valence-corrected chi connectivity index (χ0v) is 18.7. The standard InChI is InChI=1S/C22H21Cl2NO6.K.H/c1-22(2,3)31-20(26)9-4-13-10-17(23)16(18(24)11-13)8-7-14-5-6-15(21(27)28)12-19(14)25(29)30;;/h5-8,10-12H,4,9H2,1-3H3,(H,27,28);;/b8-7+;;. The summed E-state index contributed by atoms with van der Waals surface area (Å²) in [5, 5.41) is 20.9. The van der Waals surface area contributed by atoms with Crippen LogP contribution in [0.1, 0.15) is 54.2 Å². The van der Waals surface area contributed by atoms with Crippen molar-refractivity contribution in [2.24, 2.45) is 0 Å². The average Bonchev–Trinajstić information content (AvgIpc) is 2.64. The number of halogens is 2. The van der Waals surface area contributed by atoms with Crippen LogP contribution < -0.4 is 0 Å². The summed E-state index contributed by atoms with van der Waals surface area (Å²) in [6, 6.07) is 6.94. The molecule has 2 rings (SSSR count). The zero-order chi connectivity index (χ0) is 23.3. The number of aromatic carboxylic acids is 1. The van der Waals surface area contributed by atoms with Crippen LogP contribution in [0.15, 0.2) is 30.3 Å². The molecule has 0 spiro atoms. The number of carbonyl (C=O) groups is 2. The fourth-order valence-corrected chi connectivity index (χ4v) is 3.39. The summed E-state index contributed by atoms with van der Waals surface area (Å²) in [5.41, 5.74) is 0.297. The number of nitro benzene ring substituents is 1. The quantitative estimate of drug-likeness (QED) is 0.177. The average molecular weight is 506 g/mol. The van der Waals surface area contributed by atoms with Gasteiger partial charge in [-0.05, 0) is 63.1 Å². The number of carboxylic acids is 1. The van der Waals surface area contributed by atoms with Crippen molar-refractivity contribution >= 4 is 104 Å². The SMILES string of the molecule is CC(C)(C)OC(=O)CCc1cc(Cl)c(/C=C/c2ccc(C(=O)O)cc2[N+](=O)[O-])c(Cl)c1.[KH]. The second kappa shape index (κ2) is 12.3. The molecule has 7 nitrogen and oxygen atoms in total. The van der Waals surface area contributed by atoms with Crippen molar-refractivity contribution in [3.05, 3.63) is 72.7 Å². The van der Waals surface area contributed by atoms with E-state index in [2.05, 4.69) is 0 Å². The fourth-order valence-electron chi connectivity index (χ4n) is 2.73. The molecule has 0 bridgehead atoms. The van der Waals surface area contributed by atoms with Crippen LogP contribution in [0.25, 0.3) is 12.2 Å². The van der Waals surface area contributed by atoms with E-state index in [-0.39, 0.29) is 80.6 Å². The number of aryl methyl sites for hydroxylation is 1. The Morgan fingerprint density at radius 3 is 2.22 bits per heavy atom. The molecule has 0 fully saturated rings. The topological polar surface area (TPSA) is 107 Å². The molecule has 0 atom stereocenters. The molecule has 0 saturated carbocycles. The fraction of sp³-hybridized carbons (Fsp3) is 0.273. The molecule has 0 radical (unpaired) electrons. The van der Waals surface area contributed by atoms with Crippen LogP contribution in [0.2, 0.25) is 10.0 Å². The Balaban J connectivity index is 0.00000512. The third-order valence-corrected chi connectivity index (χ3v) is 4.71. The Morgan fingerprint density at radius 1 is 1.12 bits per heavy atom. The first-order valence-corrected chi connectivity index (χ1v) is 10.0. The molecule has 0 saturated heterocycles. The number of carbonyl (C=O) groups excluding carboxylic acids is 1. The first-order chi connectivity index (χ1) is 14.4. The van der Waals surface area contributed by atoms with Crippen molar-refractivity contribution in [1.82, 2.24) is 0 Å². The molecule has 0 amide bonds. The summed E-state index contributed by atoms with van der Waals surface area (Å²) in [7, 11) is 0. The number of benzene rings is 2. The zero-order valence-electron chi connectivity index (χ0n) is 17.1. The molecule has 10 heteroatoms. The third kappa shape index (κ3) is 8.59. The van der Waals surface area contributed by atoms with Crippen LogP contribution in [0, 0.1) is 10.1 Å². The Bertz CT molecular complexity index is 1040. The summed E-state index contributed by atoms with van der Waals surface area (Å²) in [6.07, 6.45) is 3.52. The molecule has 2 aromatic carbocycles. The van der Waals surface area contributed by atoms with Crippen LogP contribution >= 0.6 is 23.2 Å². The number of nitrogens with zero attached hydrogens (tertiary/aromatic N) is 1. The van der Waals surface area contributed by atoms with E-state index in [9.17, 15) is 19.7 Å². The summed E-state index contributed by atoms with van der Waals surface area (Å²) >= 11 is 12.7. The van der Waals surface area contributed by atoms with Crippen LogP contribution in [-0.2, 0) is 16.0 Å². The first kappa shape index (κ1) is 28.8. The van der Waals surface area contributed by atoms with Gasteiger partial charge in [0.05, 0.1) is 16.1 Å². The van der Waals surface area contributed by atoms with E-state index in [1.807, 2.05) is 0 Å². The molecule has 0 unspecified atom stereocenters. The predicted molar refractivity (Wildman–Crippen MR) is 127 cm³/mol. The summed E-state index contributed by atoms with van der Waals surface area (Å²) in [5.74, 6) is -1.59. The van der Waals surface area contributed by atoms with Gasteiger partial charge in [-0.25, -0.2) is 4.79 Å². The minimum atomic E-state index is -1.26. The Hall–Kier alpha value is -1.26. The van der Waals surface area contributed by atoms with Crippen LogP contribution in [0.5, 0.6) is 0 Å². The third-order valence-electron chi connectivity index (χ3n) is 4.08. The Labute approximate surface area is 238 Å². The number of ether oxygens (including phenoxy) is 1. The number of hydrogen-bond donors (Lipinski definition) is 1. The summed E-state index contributed by atoms with van der Waals surface area (Å²) in [6.45, 7) is 5.37. The van der Waals surface area contributed by atoms with E-state index in [4.69, 9.17) is 33.0 Å². The molecule has 0 heterocycles. The second-order valence-electron chi connectivity index (χ2n) is 7.73. The maximum absolute atomic E-state index is 11.9. The van der Waals surface area contributed by atoms with Gasteiger partial charge in [-0.2, -0.15) is 0 Å². The van der Waals surface area contributed by atoms with E-state index in [1.54, 1.807) is 32.9 Å². The van der Waals surface area contributed by atoms with E-state index in [0.29, 0.717) is 22.0 Å².